The van der Waals surface area contributed by atoms with Crippen molar-refractivity contribution in [3.8, 4) is 11.1 Å². The standard InChI is InChI=1S/C42H53N3O4/c1-28-38(26-45-15-3-2-4-16-45)48-40(49-39(28)34-13-11-29(27-46)12-14-34)37-10-6-9-36(21-37)35-8-5-7-30(20-35)25-43-41(47)44-42-22-31-17-32(23-42)19-33(18-31)24-42/h5-14,20-21,28,31-33,38-40,46H,2-4,15-19,22-27H2,1H3,(H2,43,44,47)/t28-,31?,32?,33?,38+,39+,40+,42?/m1/s1. The molecule has 6 fully saturated rings. The molecule has 2 heterocycles. The molecular weight excluding hydrogens is 610 g/mol. The number of amides is 2. The number of carbonyl (C=O) groups is 1. The highest BCUT2D eigenvalue weighted by molar-refractivity contribution is 5.75. The smallest absolute Gasteiger partial charge is 0.315 e. The van der Waals surface area contributed by atoms with Crippen LogP contribution in [0.3, 0.4) is 0 Å². The first-order valence-electron chi connectivity index (χ1n) is 18.9. The molecule has 3 aromatic carbocycles. The number of nitrogens with one attached hydrogen (secondary N) is 2. The molecule has 2 amide bonds. The molecule has 9 rings (SSSR count). The van der Waals surface area contributed by atoms with E-state index >= 15 is 0 Å². The molecule has 7 heteroatoms. The van der Waals surface area contributed by atoms with E-state index in [2.05, 4.69) is 83.1 Å². The van der Waals surface area contributed by atoms with Gasteiger partial charge in [-0.05, 0) is 122 Å². The Bertz CT molecular complexity index is 1570. The number of nitrogens with zero attached hydrogens (tertiary/aromatic N) is 1. The predicted molar refractivity (Wildman–Crippen MR) is 191 cm³/mol. The number of aliphatic hydroxyl groups excluding tert-OH is 1. The molecule has 0 unspecified atom stereocenters. The number of ether oxygens (including phenoxy) is 2. The molecule has 4 aliphatic carbocycles. The molecule has 3 N–H and O–H groups in total. The second-order valence-electron chi connectivity index (χ2n) is 16.0. The van der Waals surface area contributed by atoms with Crippen LogP contribution in [0, 0.1) is 23.7 Å². The second kappa shape index (κ2) is 14.2. The Morgan fingerprint density at radius 1 is 0.816 bits per heavy atom. The largest absolute Gasteiger partial charge is 0.392 e. The van der Waals surface area contributed by atoms with E-state index in [0.29, 0.717) is 6.54 Å². The van der Waals surface area contributed by atoms with Gasteiger partial charge in [-0.25, -0.2) is 4.79 Å². The molecule has 2 saturated heterocycles. The summed E-state index contributed by atoms with van der Waals surface area (Å²) >= 11 is 0. The third-order valence-corrected chi connectivity index (χ3v) is 12.3. The molecule has 49 heavy (non-hydrogen) atoms. The fraction of sp³-hybridized carbons (Fsp3) is 0.548. The van der Waals surface area contributed by atoms with Crippen molar-refractivity contribution in [3.63, 3.8) is 0 Å². The molecule has 0 aromatic heterocycles. The third-order valence-electron chi connectivity index (χ3n) is 12.3. The second-order valence-corrected chi connectivity index (χ2v) is 16.0. The van der Waals surface area contributed by atoms with Crippen molar-refractivity contribution in [3.05, 3.63) is 95.1 Å². The zero-order chi connectivity index (χ0) is 33.4. The Kier molecular flexibility index (Phi) is 9.53. The maximum Gasteiger partial charge on any atom is 0.315 e. The van der Waals surface area contributed by atoms with Crippen molar-refractivity contribution < 1.29 is 19.4 Å². The van der Waals surface area contributed by atoms with E-state index in [0.717, 1.165) is 90.0 Å². The summed E-state index contributed by atoms with van der Waals surface area (Å²) in [5, 5.41) is 16.2. The summed E-state index contributed by atoms with van der Waals surface area (Å²) in [7, 11) is 0. The van der Waals surface area contributed by atoms with Crippen LogP contribution in [0.2, 0.25) is 0 Å². The van der Waals surface area contributed by atoms with Gasteiger partial charge >= 0.3 is 6.03 Å². The number of likely N-dealkylation sites (tertiary alicyclic amines) is 1. The summed E-state index contributed by atoms with van der Waals surface area (Å²) < 4.78 is 13.6. The van der Waals surface area contributed by atoms with E-state index < -0.39 is 6.29 Å². The molecule has 260 valence electrons. The topological polar surface area (TPSA) is 83.1 Å². The number of benzene rings is 3. The van der Waals surface area contributed by atoms with Crippen LogP contribution < -0.4 is 10.6 Å². The quantitative estimate of drug-likeness (QED) is 0.217. The SMILES string of the molecule is C[C@@H]1[C@H](CN2CCCCC2)O[C@H](c2cccc(-c3cccc(CNC(=O)NC45CC6CC(CC(C6)C4)C5)c3)c2)O[C@@H]1c1ccc(CO)cc1. The minimum absolute atomic E-state index is 0.0108. The number of hydrogen-bond donors (Lipinski definition) is 3. The van der Waals surface area contributed by atoms with Crippen molar-refractivity contribution in [2.45, 2.75) is 102 Å². The molecule has 2 aliphatic heterocycles. The molecule has 7 nitrogen and oxygen atoms in total. The summed E-state index contributed by atoms with van der Waals surface area (Å²) in [6, 6.07) is 25.1. The molecule has 4 atom stereocenters. The number of urea groups is 1. The van der Waals surface area contributed by atoms with E-state index in [1.807, 2.05) is 12.1 Å². The highest BCUT2D eigenvalue weighted by atomic mass is 16.7. The maximum absolute atomic E-state index is 13.1. The summed E-state index contributed by atoms with van der Waals surface area (Å²) in [5.74, 6) is 2.58. The lowest BCUT2D eigenvalue weighted by Gasteiger charge is -2.56. The minimum Gasteiger partial charge on any atom is -0.392 e. The third kappa shape index (κ3) is 7.32. The highest BCUT2D eigenvalue weighted by Crippen LogP contribution is 2.55. The Labute approximate surface area is 291 Å². The van der Waals surface area contributed by atoms with Crippen LogP contribution in [0.15, 0.2) is 72.8 Å². The zero-order valence-electron chi connectivity index (χ0n) is 29.0. The summed E-state index contributed by atoms with van der Waals surface area (Å²) in [5.41, 5.74) is 6.31. The average molecular weight is 664 g/mol. The first kappa shape index (κ1) is 32.9. The molecule has 0 spiro atoms. The highest BCUT2D eigenvalue weighted by Gasteiger charge is 2.51. The van der Waals surface area contributed by atoms with Gasteiger partial charge in [0.15, 0.2) is 6.29 Å². The van der Waals surface area contributed by atoms with Crippen LogP contribution in [-0.4, -0.2) is 47.3 Å². The Hall–Kier alpha value is -3.23. The lowest BCUT2D eigenvalue weighted by Crippen LogP contribution is -2.61. The van der Waals surface area contributed by atoms with Gasteiger partial charge in [0, 0.05) is 30.1 Å². The van der Waals surface area contributed by atoms with Crippen LogP contribution >= 0.6 is 0 Å². The van der Waals surface area contributed by atoms with Crippen molar-refractivity contribution in [1.29, 1.82) is 0 Å². The van der Waals surface area contributed by atoms with Crippen molar-refractivity contribution in [2.24, 2.45) is 23.7 Å². The van der Waals surface area contributed by atoms with E-state index in [4.69, 9.17) is 9.47 Å². The van der Waals surface area contributed by atoms with Gasteiger partial charge in [0.2, 0.25) is 0 Å². The van der Waals surface area contributed by atoms with Gasteiger partial charge < -0.3 is 30.1 Å². The van der Waals surface area contributed by atoms with Crippen LogP contribution in [0.4, 0.5) is 4.79 Å². The monoisotopic (exact) mass is 663 g/mol. The minimum atomic E-state index is -0.494. The van der Waals surface area contributed by atoms with Crippen LogP contribution in [-0.2, 0) is 22.6 Å². The maximum atomic E-state index is 13.1. The van der Waals surface area contributed by atoms with Crippen molar-refractivity contribution in [1.82, 2.24) is 15.5 Å². The van der Waals surface area contributed by atoms with E-state index in [-0.39, 0.29) is 36.3 Å². The van der Waals surface area contributed by atoms with Gasteiger partial charge in [0.05, 0.1) is 18.8 Å². The summed E-state index contributed by atoms with van der Waals surface area (Å²) in [6.07, 6.45) is 10.8. The lowest BCUT2D eigenvalue weighted by molar-refractivity contribution is -0.276. The Balaban J connectivity index is 0.964. The van der Waals surface area contributed by atoms with Gasteiger partial charge in [-0.15, -0.1) is 0 Å². The molecule has 4 bridgehead atoms. The lowest BCUT2D eigenvalue weighted by atomic mass is 9.53. The van der Waals surface area contributed by atoms with Crippen molar-refractivity contribution >= 4 is 6.03 Å². The Morgan fingerprint density at radius 3 is 2.18 bits per heavy atom. The van der Waals surface area contributed by atoms with Crippen molar-refractivity contribution in [2.75, 3.05) is 19.6 Å². The van der Waals surface area contributed by atoms with E-state index in [9.17, 15) is 9.90 Å². The van der Waals surface area contributed by atoms with E-state index in [1.165, 1.54) is 38.5 Å². The average Bonchev–Trinajstić information content (AvgIpc) is 3.11. The first-order valence-corrected chi connectivity index (χ1v) is 18.9. The van der Waals surface area contributed by atoms with Crippen LogP contribution in [0.5, 0.6) is 0 Å². The normalized spacial score (nSPS) is 32.6. The Morgan fingerprint density at radius 2 is 1.49 bits per heavy atom. The van der Waals surface area contributed by atoms with Gasteiger partial charge in [-0.1, -0.05) is 74.0 Å². The van der Waals surface area contributed by atoms with Gasteiger partial charge in [0.25, 0.3) is 0 Å². The van der Waals surface area contributed by atoms with Gasteiger partial charge in [0.1, 0.15) is 0 Å². The van der Waals surface area contributed by atoms with Gasteiger partial charge in [-0.2, -0.15) is 0 Å². The first-order chi connectivity index (χ1) is 23.9. The molecule has 4 saturated carbocycles. The number of rotatable bonds is 9. The fourth-order valence-corrected chi connectivity index (χ4v) is 10.2. The fourth-order valence-electron chi connectivity index (χ4n) is 10.2. The van der Waals surface area contributed by atoms with Crippen LogP contribution in [0.25, 0.3) is 11.1 Å². The van der Waals surface area contributed by atoms with Gasteiger partial charge in [-0.3, -0.25) is 0 Å². The molecule has 3 aromatic rings. The molecule has 6 aliphatic rings. The molecule has 0 radical (unpaired) electrons. The van der Waals surface area contributed by atoms with Crippen LogP contribution in [0.1, 0.15) is 99.4 Å². The number of hydrogen-bond acceptors (Lipinski definition) is 5. The predicted octanol–water partition coefficient (Wildman–Crippen LogP) is 7.89. The number of carbonyl (C=O) groups excluding carboxylic acids is 1. The number of aliphatic hydroxyl groups is 1. The van der Waals surface area contributed by atoms with E-state index in [1.54, 1.807) is 0 Å². The zero-order valence-corrected chi connectivity index (χ0v) is 29.0. The summed E-state index contributed by atoms with van der Waals surface area (Å²) in [6.45, 7) is 5.92. The molecular formula is C42H53N3O4. The number of piperidine rings is 1. The summed E-state index contributed by atoms with van der Waals surface area (Å²) in [4.78, 5) is 15.7.